The van der Waals surface area contributed by atoms with Crippen LogP contribution in [0.15, 0.2) is 108 Å². The summed E-state index contributed by atoms with van der Waals surface area (Å²) in [4.78, 5) is 0. The van der Waals surface area contributed by atoms with E-state index in [9.17, 15) is 0 Å². The third-order valence-electron chi connectivity index (χ3n) is 6.81. The molecule has 0 saturated heterocycles. The van der Waals surface area contributed by atoms with Crippen LogP contribution in [0.25, 0.3) is 0 Å². The van der Waals surface area contributed by atoms with Gasteiger partial charge in [-0.15, -0.1) is 0 Å². The third-order valence-corrected chi connectivity index (χ3v) is 11.8. The van der Waals surface area contributed by atoms with Crippen LogP contribution >= 0.6 is 0 Å². The van der Waals surface area contributed by atoms with Crippen molar-refractivity contribution in [1.29, 1.82) is 0 Å². The lowest BCUT2D eigenvalue weighted by molar-refractivity contribution is 0.516. The van der Waals surface area contributed by atoms with Crippen LogP contribution in [0.2, 0.25) is 0 Å². The standard InChI is InChI=1S/C31H36Si/c1-5-6-14-25-21-23-28(24-22-25)32(26-15-9-7-10-16-26,27-17-11-8-12-18-27)30-20-13-19-29(30)31(2,3)4/h7-13,15-19,21-24H,5-6,14,20H2,1-4H3. The Kier molecular flexibility index (Phi) is 6.67. The van der Waals surface area contributed by atoms with Crippen molar-refractivity contribution in [1.82, 2.24) is 0 Å². The van der Waals surface area contributed by atoms with Crippen molar-refractivity contribution in [3.05, 3.63) is 113 Å². The molecule has 0 unspecified atom stereocenters. The summed E-state index contributed by atoms with van der Waals surface area (Å²) in [7, 11) is -2.40. The Bertz CT molecular complexity index is 1040. The Labute approximate surface area is 195 Å². The van der Waals surface area contributed by atoms with Crippen molar-refractivity contribution in [2.75, 3.05) is 0 Å². The molecular formula is C31H36Si. The molecule has 0 heterocycles. The first kappa shape index (κ1) is 22.5. The first-order valence-electron chi connectivity index (χ1n) is 12.1. The molecule has 0 aliphatic heterocycles. The molecule has 3 aromatic carbocycles. The third kappa shape index (κ3) is 4.19. The highest BCUT2D eigenvalue weighted by Crippen LogP contribution is 2.38. The van der Waals surface area contributed by atoms with Crippen LogP contribution in [0.1, 0.15) is 52.5 Å². The lowest BCUT2D eigenvalue weighted by atomic mass is 9.87. The van der Waals surface area contributed by atoms with Crippen LogP contribution in [0.5, 0.6) is 0 Å². The van der Waals surface area contributed by atoms with E-state index >= 15 is 0 Å². The second kappa shape index (κ2) is 9.46. The molecule has 0 radical (unpaired) electrons. The van der Waals surface area contributed by atoms with E-state index in [4.69, 9.17) is 0 Å². The van der Waals surface area contributed by atoms with Gasteiger partial charge in [0.1, 0.15) is 0 Å². The van der Waals surface area contributed by atoms with Crippen molar-refractivity contribution in [3.8, 4) is 0 Å². The topological polar surface area (TPSA) is 0 Å². The second-order valence-electron chi connectivity index (χ2n) is 10.0. The number of hydrogen-bond acceptors (Lipinski definition) is 0. The molecule has 4 rings (SSSR count). The summed E-state index contributed by atoms with van der Waals surface area (Å²) in [6.45, 7) is 9.35. The summed E-state index contributed by atoms with van der Waals surface area (Å²) in [6, 6.07) is 32.3. The molecular weight excluding hydrogens is 400 g/mol. The van der Waals surface area contributed by atoms with Gasteiger partial charge in [-0.3, -0.25) is 0 Å². The fourth-order valence-electron chi connectivity index (χ4n) is 5.26. The van der Waals surface area contributed by atoms with E-state index in [1.165, 1.54) is 46.0 Å². The van der Waals surface area contributed by atoms with Crippen LogP contribution in [-0.4, -0.2) is 8.07 Å². The largest absolute Gasteiger partial charge is 0.176 e. The van der Waals surface area contributed by atoms with Crippen molar-refractivity contribution in [2.45, 2.75) is 53.4 Å². The Hall–Kier alpha value is -2.64. The number of hydrogen-bond donors (Lipinski definition) is 0. The van der Waals surface area contributed by atoms with Crippen LogP contribution in [0.3, 0.4) is 0 Å². The van der Waals surface area contributed by atoms with Gasteiger partial charge in [0.15, 0.2) is 8.07 Å². The maximum Gasteiger partial charge on any atom is 0.176 e. The van der Waals surface area contributed by atoms with Gasteiger partial charge in [-0.2, -0.15) is 0 Å². The number of benzene rings is 3. The zero-order valence-electron chi connectivity index (χ0n) is 20.1. The van der Waals surface area contributed by atoms with Gasteiger partial charge in [0.05, 0.1) is 0 Å². The molecule has 3 aromatic rings. The number of allylic oxidation sites excluding steroid dienone is 4. The summed E-state index contributed by atoms with van der Waals surface area (Å²) in [5.41, 5.74) is 3.09. The Balaban J connectivity index is 2.04. The Morgan fingerprint density at radius 3 is 1.75 bits per heavy atom. The number of aryl methyl sites for hydroxylation is 1. The Morgan fingerprint density at radius 2 is 1.25 bits per heavy atom. The molecule has 0 N–H and O–H groups in total. The maximum absolute atomic E-state index is 2.45. The zero-order chi connectivity index (χ0) is 22.6. The van der Waals surface area contributed by atoms with Gasteiger partial charge in [0.2, 0.25) is 0 Å². The van der Waals surface area contributed by atoms with Gasteiger partial charge < -0.3 is 0 Å². The minimum absolute atomic E-state index is 0.116. The predicted molar refractivity (Wildman–Crippen MR) is 143 cm³/mol. The summed E-state index contributed by atoms with van der Waals surface area (Å²) in [5.74, 6) is 0. The van der Waals surface area contributed by atoms with E-state index in [1.54, 1.807) is 5.20 Å². The van der Waals surface area contributed by atoms with Crippen molar-refractivity contribution in [3.63, 3.8) is 0 Å². The van der Waals surface area contributed by atoms with Crippen molar-refractivity contribution in [2.24, 2.45) is 5.41 Å². The Morgan fingerprint density at radius 1 is 0.719 bits per heavy atom. The maximum atomic E-state index is 2.45. The molecule has 0 aromatic heterocycles. The van der Waals surface area contributed by atoms with Gasteiger partial charge in [-0.1, -0.05) is 136 Å². The molecule has 1 aliphatic carbocycles. The quantitative estimate of drug-likeness (QED) is 0.299. The van der Waals surface area contributed by atoms with Gasteiger partial charge in [-0.25, -0.2) is 0 Å². The normalized spacial score (nSPS) is 14.2. The predicted octanol–water partition coefficient (Wildman–Crippen LogP) is 6.34. The van der Waals surface area contributed by atoms with E-state index in [2.05, 4.69) is 125 Å². The SMILES string of the molecule is CCCCc1ccc([Si](C2=C(C(C)(C)C)C=CC2)(c2ccccc2)c2ccccc2)cc1. The minimum atomic E-state index is -2.40. The van der Waals surface area contributed by atoms with Gasteiger partial charge in [0, 0.05) is 0 Å². The smallest absolute Gasteiger partial charge is 0.0805 e. The van der Waals surface area contributed by atoms with E-state index in [-0.39, 0.29) is 5.41 Å². The number of unbranched alkanes of at least 4 members (excludes halogenated alkanes) is 1. The van der Waals surface area contributed by atoms with E-state index in [0.29, 0.717) is 0 Å². The highest BCUT2D eigenvalue weighted by Gasteiger charge is 2.45. The van der Waals surface area contributed by atoms with Crippen LogP contribution in [-0.2, 0) is 6.42 Å². The number of rotatable bonds is 7. The van der Waals surface area contributed by atoms with Crippen molar-refractivity contribution >= 4 is 23.6 Å². The van der Waals surface area contributed by atoms with E-state index in [1.807, 2.05) is 0 Å². The highest BCUT2D eigenvalue weighted by atomic mass is 28.3. The van der Waals surface area contributed by atoms with Gasteiger partial charge in [-0.05, 0) is 51.4 Å². The van der Waals surface area contributed by atoms with Crippen LogP contribution in [0.4, 0.5) is 0 Å². The second-order valence-corrected chi connectivity index (χ2v) is 13.9. The summed E-state index contributed by atoms with van der Waals surface area (Å²) >= 11 is 0. The monoisotopic (exact) mass is 436 g/mol. The average Bonchev–Trinajstić information content (AvgIpc) is 3.31. The van der Waals surface area contributed by atoms with E-state index < -0.39 is 8.07 Å². The highest BCUT2D eigenvalue weighted by molar-refractivity contribution is 7.16. The van der Waals surface area contributed by atoms with Gasteiger partial charge >= 0.3 is 0 Å². The molecule has 32 heavy (non-hydrogen) atoms. The fourth-order valence-corrected chi connectivity index (χ4v) is 10.6. The average molecular weight is 437 g/mol. The molecule has 0 bridgehead atoms. The molecule has 0 fully saturated rings. The molecule has 0 atom stereocenters. The summed E-state index contributed by atoms with van der Waals surface area (Å²) in [6.07, 6.45) is 9.49. The first-order valence-corrected chi connectivity index (χ1v) is 14.1. The summed E-state index contributed by atoms with van der Waals surface area (Å²) in [5, 5.41) is 6.10. The lowest BCUT2D eigenvalue weighted by Crippen LogP contribution is -2.69. The van der Waals surface area contributed by atoms with Crippen LogP contribution < -0.4 is 15.6 Å². The van der Waals surface area contributed by atoms with Gasteiger partial charge in [0.25, 0.3) is 0 Å². The molecule has 0 saturated carbocycles. The summed E-state index contributed by atoms with van der Waals surface area (Å²) < 4.78 is 0. The molecule has 1 heteroatoms. The lowest BCUT2D eigenvalue weighted by Gasteiger charge is -2.38. The molecule has 0 spiro atoms. The van der Waals surface area contributed by atoms with Crippen LogP contribution in [0, 0.1) is 5.41 Å². The minimum Gasteiger partial charge on any atom is -0.0805 e. The molecule has 0 amide bonds. The van der Waals surface area contributed by atoms with Crippen molar-refractivity contribution < 1.29 is 0 Å². The zero-order valence-corrected chi connectivity index (χ0v) is 21.1. The fraction of sp³-hybridized carbons (Fsp3) is 0.290. The molecule has 164 valence electrons. The molecule has 1 aliphatic rings. The molecule has 0 nitrogen and oxygen atoms in total. The van der Waals surface area contributed by atoms with E-state index in [0.717, 1.165) is 6.42 Å². The first-order chi connectivity index (χ1) is 15.5.